The number of rotatable bonds is 2. The minimum absolute atomic E-state index is 0.344. The molecule has 122 valence electrons. The summed E-state index contributed by atoms with van der Waals surface area (Å²) in [4.78, 5) is 0. The molecule has 0 saturated heterocycles. The van der Waals surface area contributed by atoms with Crippen molar-refractivity contribution in [1.29, 1.82) is 0 Å². The minimum Gasteiger partial charge on any atom is -0.203 e. The van der Waals surface area contributed by atoms with Crippen LogP contribution in [0.25, 0.3) is 11.1 Å². The monoisotopic (exact) mass is 314 g/mol. The summed E-state index contributed by atoms with van der Waals surface area (Å²) in [6.45, 7) is 5.89. The molecule has 0 N–H and O–H groups in total. The Morgan fingerprint density at radius 2 is 1.43 bits per heavy atom. The number of hydrogen-bond acceptors (Lipinski definition) is 0. The van der Waals surface area contributed by atoms with Crippen LogP contribution >= 0.6 is 0 Å². The van der Waals surface area contributed by atoms with Crippen LogP contribution in [0.5, 0.6) is 0 Å². The molecular formula is C21H24F2. The molecule has 0 atom stereocenters. The van der Waals surface area contributed by atoms with Gasteiger partial charge in [-0.25, -0.2) is 8.78 Å². The normalized spacial score (nSPS) is 21.4. The number of hydrogen-bond donors (Lipinski definition) is 0. The van der Waals surface area contributed by atoms with E-state index in [1.54, 1.807) is 19.1 Å². The van der Waals surface area contributed by atoms with Crippen molar-refractivity contribution >= 4 is 0 Å². The van der Waals surface area contributed by atoms with Gasteiger partial charge in [-0.2, -0.15) is 0 Å². The average molecular weight is 314 g/mol. The molecule has 1 saturated carbocycles. The smallest absolute Gasteiger partial charge is 0.166 e. The fourth-order valence-electron chi connectivity index (χ4n) is 3.69. The largest absolute Gasteiger partial charge is 0.203 e. The predicted octanol–water partition coefficient (Wildman–Crippen LogP) is 6.54. The Kier molecular flexibility index (Phi) is 4.52. The van der Waals surface area contributed by atoms with Crippen molar-refractivity contribution < 1.29 is 8.78 Å². The lowest BCUT2D eigenvalue weighted by atomic mass is 9.79. The van der Waals surface area contributed by atoms with E-state index in [1.807, 2.05) is 13.0 Å². The van der Waals surface area contributed by atoms with Crippen LogP contribution < -0.4 is 0 Å². The van der Waals surface area contributed by atoms with Gasteiger partial charge in [-0.05, 0) is 60.8 Å². The standard InChI is InChI=1S/C21H24F2/c1-13-4-7-16(8-5-13)17-9-11-18(15(3)12-17)19-10-6-14(2)20(22)21(19)23/h6,9-13,16H,4-5,7-8H2,1-3H3. The highest BCUT2D eigenvalue weighted by atomic mass is 19.2. The molecule has 0 bridgehead atoms. The molecule has 1 fully saturated rings. The van der Waals surface area contributed by atoms with Gasteiger partial charge < -0.3 is 0 Å². The number of halogens is 2. The van der Waals surface area contributed by atoms with Crippen molar-refractivity contribution in [3.8, 4) is 11.1 Å². The summed E-state index contributed by atoms with van der Waals surface area (Å²) < 4.78 is 28.1. The van der Waals surface area contributed by atoms with Gasteiger partial charge in [-0.15, -0.1) is 0 Å². The molecule has 1 aliphatic carbocycles. The Morgan fingerprint density at radius 3 is 2.09 bits per heavy atom. The van der Waals surface area contributed by atoms with Gasteiger partial charge in [0.1, 0.15) is 0 Å². The molecule has 2 aromatic carbocycles. The first-order chi connectivity index (χ1) is 11.0. The molecule has 0 aromatic heterocycles. The highest BCUT2D eigenvalue weighted by molar-refractivity contribution is 5.68. The predicted molar refractivity (Wildman–Crippen MR) is 91.6 cm³/mol. The van der Waals surface area contributed by atoms with Crippen molar-refractivity contribution in [1.82, 2.24) is 0 Å². The van der Waals surface area contributed by atoms with E-state index in [-0.39, 0.29) is 0 Å². The highest BCUT2D eigenvalue weighted by Crippen LogP contribution is 2.37. The zero-order chi connectivity index (χ0) is 16.6. The molecule has 1 aliphatic rings. The Bertz CT molecular complexity index is 710. The van der Waals surface area contributed by atoms with E-state index < -0.39 is 11.6 Å². The van der Waals surface area contributed by atoms with Gasteiger partial charge >= 0.3 is 0 Å². The van der Waals surface area contributed by atoms with Crippen LogP contribution in [0.1, 0.15) is 55.2 Å². The Morgan fingerprint density at radius 1 is 0.783 bits per heavy atom. The number of benzene rings is 2. The lowest BCUT2D eigenvalue weighted by Crippen LogP contribution is -2.11. The molecule has 0 amide bonds. The zero-order valence-electron chi connectivity index (χ0n) is 14.1. The summed E-state index contributed by atoms with van der Waals surface area (Å²) in [5.74, 6) is -0.0469. The molecule has 2 heteroatoms. The quantitative estimate of drug-likeness (QED) is 0.590. The van der Waals surface area contributed by atoms with E-state index >= 15 is 0 Å². The van der Waals surface area contributed by atoms with Crippen molar-refractivity contribution in [2.45, 2.75) is 52.4 Å². The maximum absolute atomic E-state index is 14.3. The molecule has 0 spiro atoms. The van der Waals surface area contributed by atoms with E-state index in [1.165, 1.54) is 31.2 Å². The second kappa shape index (κ2) is 6.43. The first-order valence-electron chi connectivity index (χ1n) is 8.53. The van der Waals surface area contributed by atoms with Crippen LogP contribution in [-0.2, 0) is 0 Å². The Balaban J connectivity index is 1.93. The van der Waals surface area contributed by atoms with Gasteiger partial charge in [0.05, 0.1) is 0 Å². The maximum atomic E-state index is 14.3. The van der Waals surface area contributed by atoms with E-state index in [0.717, 1.165) is 17.0 Å². The lowest BCUT2D eigenvalue weighted by Gasteiger charge is -2.27. The third-order valence-corrected chi connectivity index (χ3v) is 5.30. The first-order valence-corrected chi connectivity index (χ1v) is 8.53. The van der Waals surface area contributed by atoms with Crippen molar-refractivity contribution in [2.24, 2.45) is 5.92 Å². The van der Waals surface area contributed by atoms with Gasteiger partial charge in [0.2, 0.25) is 0 Å². The van der Waals surface area contributed by atoms with Gasteiger partial charge in [-0.1, -0.05) is 50.1 Å². The Hall–Kier alpha value is -1.70. The molecular weight excluding hydrogens is 290 g/mol. The summed E-state index contributed by atoms with van der Waals surface area (Å²) in [6, 6.07) is 9.53. The maximum Gasteiger partial charge on any atom is 0.166 e. The van der Waals surface area contributed by atoms with E-state index in [2.05, 4.69) is 19.1 Å². The van der Waals surface area contributed by atoms with Crippen LogP contribution in [0.15, 0.2) is 30.3 Å². The van der Waals surface area contributed by atoms with Crippen LogP contribution in [0, 0.1) is 31.4 Å². The van der Waals surface area contributed by atoms with Crippen LogP contribution in [0.3, 0.4) is 0 Å². The van der Waals surface area contributed by atoms with Gasteiger partial charge in [0, 0.05) is 5.56 Å². The molecule has 3 rings (SSSR count). The average Bonchev–Trinajstić information content (AvgIpc) is 2.54. The number of aryl methyl sites for hydroxylation is 2. The third-order valence-electron chi connectivity index (χ3n) is 5.30. The second-order valence-electron chi connectivity index (χ2n) is 7.09. The van der Waals surface area contributed by atoms with Crippen molar-refractivity contribution in [3.63, 3.8) is 0 Å². The fraction of sp³-hybridized carbons (Fsp3) is 0.429. The summed E-state index contributed by atoms with van der Waals surface area (Å²) in [7, 11) is 0. The molecule has 0 aliphatic heterocycles. The van der Waals surface area contributed by atoms with E-state index in [4.69, 9.17) is 0 Å². The summed E-state index contributed by atoms with van der Waals surface area (Å²) >= 11 is 0. The van der Waals surface area contributed by atoms with Gasteiger partial charge in [-0.3, -0.25) is 0 Å². The topological polar surface area (TPSA) is 0 Å². The summed E-state index contributed by atoms with van der Waals surface area (Å²) in [5.41, 5.74) is 3.84. The first kappa shape index (κ1) is 16.2. The van der Waals surface area contributed by atoms with Crippen molar-refractivity contribution in [2.75, 3.05) is 0 Å². The summed E-state index contributed by atoms with van der Waals surface area (Å²) in [5, 5.41) is 0. The van der Waals surface area contributed by atoms with E-state index in [9.17, 15) is 8.78 Å². The van der Waals surface area contributed by atoms with Gasteiger partial charge in [0.25, 0.3) is 0 Å². The van der Waals surface area contributed by atoms with Crippen LogP contribution in [-0.4, -0.2) is 0 Å². The van der Waals surface area contributed by atoms with Crippen LogP contribution in [0.4, 0.5) is 8.78 Å². The molecule has 0 unspecified atom stereocenters. The third kappa shape index (κ3) is 3.17. The fourth-order valence-corrected chi connectivity index (χ4v) is 3.69. The van der Waals surface area contributed by atoms with Crippen molar-refractivity contribution in [3.05, 3.63) is 58.7 Å². The Labute approximate surface area is 137 Å². The second-order valence-corrected chi connectivity index (χ2v) is 7.09. The molecule has 0 nitrogen and oxygen atoms in total. The lowest BCUT2D eigenvalue weighted by molar-refractivity contribution is 0.348. The molecule has 0 heterocycles. The molecule has 2 aromatic rings. The SMILES string of the molecule is Cc1cc(C2CCC(C)CC2)ccc1-c1ccc(C)c(F)c1F. The highest BCUT2D eigenvalue weighted by Gasteiger charge is 2.21. The zero-order valence-corrected chi connectivity index (χ0v) is 14.1. The van der Waals surface area contributed by atoms with Gasteiger partial charge in [0.15, 0.2) is 11.6 Å². The molecule has 0 radical (unpaired) electrons. The molecule has 23 heavy (non-hydrogen) atoms. The minimum atomic E-state index is -0.743. The van der Waals surface area contributed by atoms with Crippen LogP contribution in [0.2, 0.25) is 0 Å². The van der Waals surface area contributed by atoms with E-state index in [0.29, 0.717) is 17.0 Å². The summed E-state index contributed by atoms with van der Waals surface area (Å²) in [6.07, 6.45) is 5.02.